The van der Waals surface area contributed by atoms with Gasteiger partial charge >= 0.3 is 5.97 Å². The number of piperazine rings is 1. The molecule has 1 aromatic carbocycles. The molecule has 0 atom stereocenters. The molecule has 1 amide bonds. The number of aromatic nitrogens is 2. The van der Waals surface area contributed by atoms with Gasteiger partial charge in [0.25, 0.3) is 5.91 Å². The molecule has 28 heavy (non-hydrogen) atoms. The first-order valence-corrected chi connectivity index (χ1v) is 10.1. The molecule has 8 heteroatoms. The summed E-state index contributed by atoms with van der Waals surface area (Å²) < 4.78 is 5.19. The minimum atomic E-state index is -0.479. The predicted molar refractivity (Wildman–Crippen MR) is 108 cm³/mol. The number of hydrogen-bond donors (Lipinski definition) is 0. The molecule has 144 valence electrons. The zero-order chi connectivity index (χ0) is 19.5. The molecule has 4 rings (SSSR count). The van der Waals surface area contributed by atoms with Gasteiger partial charge in [-0.25, -0.2) is 14.8 Å². The monoisotopic (exact) mass is 396 g/mol. The van der Waals surface area contributed by atoms with E-state index in [-0.39, 0.29) is 18.2 Å². The van der Waals surface area contributed by atoms with Crippen molar-refractivity contribution in [3.63, 3.8) is 0 Å². The van der Waals surface area contributed by atoms with E-state index in [4.69, 9.17) is 4.74 Å². The minimum Gasteiger partial charge on any atom is -0.461 e. The largest absolute Gasteiger partial charge is 0.461 e. The van der Waals surface area contributed by atoms with Crippen molar-refractivity contribution >= 4 is 40.1 Å². The van der Waals surface area contributed by atoms with Crippen molar-refractivity contribution in [1.29, 1.82) is 0 Å². The normalized spacial score (nSPS) is 14.3. The highest BCUT2D eigenvalue weighted by Crippen LogP contribution is 2.23. The maximum Gasteiger partial charge on any atom is 0.360 e. The van der Waals surface area contributed by atoms with Gasteiger partial charge in [0, 0.05) is 26.2 Å². The SMILES string of the molecule is CCOC(=O)c1nc2ccccc2nc1N1CCN(C(=O)c2cccs2)CC1. The molecule has 0 radical (unpaired) electrons. The van der Waals surface area contributed by atoms with Crippen LogP contribution in [0.3, 0.4) is 0 Å². The standard InChI is InChI=1S/C20H20N4O3S/c1-2-27-20(26)17-18(22-15-7-4-3-6-14(15)21-17)23-9-11-24(12-10-23)19(25)16-8-5-13-28-16/h3-8,13H,2,9-12H2,1H3. The first-order valence-electron chi connectivity index (χ1n) is 9.19. The van der Waals surface area contributed by atoms with Gasteiger partial charge in [-0.1, -0.05) is 18.2 Å². The van der Waals surface area contributed by atoms with E-state index in [1.54, 1.807) is 6.92 Å². The number of amides is 1. The molecule has 1 aliphatic rings. The van der Waals surface area contributed by atoms with Crippen LogP contribution in [0.15, 0.2) is 41.8 Å². The second-order valence-electron chi connectivity index (χ2n) is 6.36. The summed E-state index contributed by atoms with van der Waals surface area (Å²) in [4.78, 5) is 38.8. The molecule has 1 fully saturated rings. The minimum absolute atomic E-state index is 0.0462. The Kier molecular flexibility index (Phi) is 5.21. The maximum absolute atomic E-state index is 12.6. The molecule has 0 bridgehead atoms. The van der Waals surface area contributed by atoms with Crippen LogP contribution >= 0.6 is 11.3 Å². The Morgan fingerprint density at radius 3 is 2.39 bits per heavy atom. The van der Waals surface area contributed by atoms with E-state index < -0.39 is 5.97 Å². The van der Waals surface area contributed by atoms with Crippen LogP contribution in [0.2, 0.25) is 0 Å². The van der Waals surface area contributed by atoms with Gasteiger partial charge < -0.3 is 14.5 Å². The second kappa shape index (κ2) is 7.93. The fourth-order valence-corrected chi connectivity index (χ4v) is 3.92. The van der Waals surface area contributed by atoms with Crippen molar-refractivity contribution < 1.29 is 14.3 Å². The third-order valence-electron chi connectivity index (χ3n) is 4.62. The number of carbonyl (C=O) groups excluding carboxylic acids is 2. The van der Waals surface area contributed by atoms with E-state index in [1.165, 1.54) is 11.3 Å². The summed E-state index contributed by atoms with van der Waals surface area (Å²) in [7, 11) is 0. The van der Waals surface area contributed by atoms with Crippen LogP contribution in [-0.2, 0) is 4.74 Å². The van der Waals surface area contributed by atoms with Gasteiger partial charge in [-0.05, 0) is 30.5 Å². The highest BCUT2D eigenvalue weighted by molar-refractivity contribution is 7.12. The smallest absolute Gasteiger partial charge is 0.360 e. The molecule has 1 aliphatic heterocycles. The van der Waals surface area contributed by atoms with Gasteiger partial charge in [0.2, 0.25) is 0 Å². The topological polar surface area (TPSA) is 75.6 Å². The fraction of sp³-hybridized carbons (Fsp3) is 0.300. The van der Waals surface area contributed by atoms with Gasteiger partial charge in [-0.15, -0.1) is 11.3 Å². The molecule has 0 N–H and O–H groups in total. The molecule has 0 unspecified atom stereocenters. The highest BCUT2D eigenvalue weighted by Gasteiger charge is 2.27. The first-order chi connectivity index (χ1) is 13.7. The number of anilines is 1. The lowest BCUT2D eigenvalue weighted by Gasteiger charge is -2.35. The van der Waals surface area contributed by atoms with Crippen molar-refractivity contribution in [2.75, 3.05) is 37.7 Å². The molecule has 3 heterocycles. The number of rotatable bonds is 4. The van der Waals surface area contributed by atoms with Crippen LogP contribution in [0.1, 0.15) is 27.1 Å². The Labute approximate surface area is 166 Å². The summed E-state index contributed by atoms with van der Waals surface area (Å²) in [5.41, 5.74) is 1.60. The Bertz CT molecular complexity index is 998. The Morgan fingerprint density at radius 2 is 1.75 bits per heavy atom. The van der Waals surface area contributed by atoms with Crippen LogP contribution in [0.5, 0.6) is 0 Å². The average molecular weight is 396 g/mol. The quantitative estimate of drug-likeness (QED) is 0.631. The van der Waals surface area contributed by atoms with Crippen molar-refractivity contribution in [2.24, 2.45) is 0 Å². The molecule has 2 aromatic heterocycles. The van der Waals surface area contributed by atoms with Crippen LogP contribution < -0.4 is 4.90 Å². The summed E-state index contributed by atoms with van der Waals surface area (Å²) in [5.74, 6) is 0.0816. The zero-order valence-corrected chi connectivity index (χ0v) is 16.3. The van der Waals surface area contributed by atoms with Gasteiger partial charge in [-0.3, -0.25) is 4.79 Å². The lowest BCUT2D eigenvalue weighted by molar-refractivity contribution is 0.0519. The average Bonchev–Trinajstić information content (AvgIpc) is 3.27. The molecular formula is C20H20N4O3S. The number of hydrogen-bond acceptors (Lipinski definition) is 7. The van der Waals surface area contributed by atoms with Crippen molar-refractivity contribution in [1.82, 2.24) is 14.9 Å². The molecule has 0 spiro atoms. The van der Waals surface area contributed by atoms with Crippen LogP contribution in [0, 0.1) is 0 Å². The molecule has 1 saturated heterocycles. The Hall–Kier alpha value is -3.00. The summed E-state index contributed by atoms with van der Waals surface area (Å²) in [6, 6.07) is 11.2. The van der Waals surface area contributed by atoms with Gasteiger partial charge in [-0.2, -0.15) is 0 Å². The predicted octanol–water partition coefficient (Wildman–Crippen LogP) is 2.83. The van der Waals surface area contributed by atoms with Gasteiger partial charge in [0.15, 0.2) is 11.5 Å². The van der Waals surface area contributed by atoms with E-state index in [9.17, 15) is 9.59 Å². The Balaban J connectivity index is 1.59. The number of carbonyl (C=O) groups is 2. The third kappa shape index (κ3) is 3.55. The van der Waals surface area contributed by atoms with E-state index in [0.717, 1.165) is 10.4 Å². The number of benzene rings is 1. The Morgan fingerprint density at radius 1 is 1.04 bits per heavy atom. The summed E-state index contributed by atoms with van der Waals surface area (Å²) in [6.07, 6.45) is 0. The number of thiophene rings is 1. The fourth-order valence-electron chi connectivity index (χ4n) is 3.23. The molecule has 3 aromatic rings. The van der Waals surface area contributed by atoms with Gasteiger partial charge in [0.05, 0.1) is 22.5 Å². The van der Waals surface area contributed by atoms with Crippen LogP contribution in [-0.4, -0.2) is 59.5 Å². The third-order valence-corrected chi connectivity index (χ3v) is 5.48. The van der Waals surface area contributed by atoms with E-state index >= 15 is 0 Å². The lowest BCUT2D eigenvalue weighted by atomic mass is 10.2. The molecular weight excluding hydrogens is 376 g/mol. The molecule has 0 saturated carbocycles. The number of fused-ring (bicyclic) bond motifs is 1. The van der Waals surface area contributed by atoms with Crippen molar-refractivity contribution in [3.8, 4) is 0 Å². The summed E-state index contributed by atoms with van der Waals surface area (Å²) >= 11 is 1.45. The summed E-state index contributed by atoms with van der Waals surface area (Å²) in [5, 5.41) is 1.90. The lowest BCUT2D eigenvalue weighted by Crippen LogP contribution is -2.49. The van der Waals surface area contributed by atoms with Gasteiger partial charge in [0.1, 0.15) is 0 Å². The molecule has 0 aliphatic carbocycles. The zero-order valence-electron chi connectivity index (χ0n) is 15.5. The summed E-state index contributed by atoms with van der Waals surface area (Å²) in [6.45, 7) is 4.32. The number of ether oxygens (including phenoxy) is 1. The second-order valence-corrected chi connectivity index (χ2v) is 7.31. The highest BCUT2D eigenvalue weighted by atomic mass is 32.1. The number of nitrogens with zero attached hydrogens (tertiary/aromatic N) is 4. The maximum atomic E-state index is 12.6. The number of esters is 1. The van der Waals surface area contributed by atoms with E-state index in [2.05, 4.69) is 9.97 Å². The number of para-hydroxylation sites is 2. The first kappa shape index (κ1) is 18.4. The van der Waals surface area contributed by atoms with E-state index in [1.807, 2.05) is 51.6 Å². The van der Waals surface area contributed by atoms with E-state index in [0.29, 0.717) is 37.5 Å². The van der Waals surface area contributed by atoms with Crippen LogP contribution in [0.4, 0.5) is 5.82 Å². The molecule has 7 nitrogen and oxygen atoms in total. The van der Waals surface area contributed by atoms with Crippen molar-refractivity contribution in [2.45, 2.75) is 6.92 Å². The van der Waals surface area contributed by atoms with Crippen LogP contribution in [0.25, 0.3) is 11.0 Å². The van der Waals surface area contributed by atoms with Crippen molar-refractivity contribution in [3.05, 3.63) is 52.3 Å².